The highest BCUT2D eigenvalue weighted by atomic mass is 32.1. The van der Waals surface area contributed by atoms with Crippen molar-refractivity contribution in [1.29, 1.82) is 0 Å². The van der Waals surface area contributed by atoms with Crippen LogP contribution < -0.4 is 0 Å². The monoisotopic (exact) mass is 244 g/mol. The summed E-state index contributed by atoms with van der Waals surface area (Å²) >= 11 is 1.59. The molecule has 88 valence electrons. The number of rotatable bonds is 3. The van der Waals surface area contributed by atoms with Crippen LogP contribution in [0.4, 0.5) is 0 Å². The van der Waals surface area contributed by atoms with Crippen LogP contribution in [-0.4, -0.2) is 5.78 Å². The maximum absolute atomic E-state index is 12.2. The molecule has 0 atom stereocenters. The van der Waals surface area contributed by atoms with E-state index in [1.54, 1.807) is 11.3 Å². The number of benzene rings is 1. The van der Waals surface area contributed by atoms with Gasteiger partial charge in [0.05, 0.1) is 0 Å². The molecular formula is C15H16OS. The Balaban J connectivity index is 2.24. The molecular weight excluding hydrogens is 228 g/mol. The van der Waals surface area contributed by atoms with Crippen LogP contribution in [0.3, 0.4) is 0 Å². The summed E-state index contributed by atoms with van der Waals surface area (Å²) in [6.45, 7) is 6.11. The van der Waals surface area contributed by atoms with Crippen LogP contribution >= 0.6 is 11.3 Å². The molecule has 2 heteroatoms. The molecule has 1 aromatic heterocycles. The minimum Gasteiger partial charge on any atom is -0.294 e. The van der Waals surface area contributed by atoms with Crippen molar-refractivity contribution in [3.8, 4) is 0 Å². The van der Waals surface area contributed by atoms with E-state index in [-0.39, 0.29) is 5.78 Å². The lowest BCUT2D eigenvalue weighted by Crippen LogP contribution is -2.05. The van der Waals surface area contributed by atoms with Crippen molar-refractivity contribution in [2.75, 3.05) is 0 Å². The van der Waals surface area contributed by atoms with Gasteiger partial charge in [0.2, 0.25) is 0 Å². The lowest BCUT2D eigenvalue weighted by molar-refractivity contribution is 0.0992. The molecule has 0 radical (unpaired) electrons. The highest BCUT2D eigenvalue weighted by molar-refractivity contribution is 7.08. The van der Waals surface area contributed by atoms with E-state index in [9.17, 15) is 4.79 Å². The van der Waals surface area contributed by atoms with Gasteiger partial charge in [-0.2, -0.15) is 11.3 Å². The van der Waals surface area contributed by atoms with Gasteiger partial charge in [-0.3, -0.25) is 4.79 Å². The van der Waals surface area contributed by atoms with E-state index < -0.39 is 0 Å². The summed E-state index contributed by atoms with van der Waals surface area (Å²) in [6.07, 6.45) is 0.505. The number of carbonyl (C=O) groups is 1. The predicted molar refractivity (Wildman–Crippen MR) is 73.0 cm³/mol. The van der Waals surface area contributed by atoms with Crippen LogP contribution in [0.15, 0.2) is 29.0 Å². The summed E-state index contributed by atoms with van der Waals surface area (Å²) < 4.78 is 0. The zero-order chi connectivity index (χ0) is 12.4. The van der Waals surface area contributed by atoms with Crippen molar-refractivity contribution in [1.82, 2.24) is 0 Å². The summed E-state index contributed by atoms with van der Waals surface area (Å²) in [4.78, 5) is 12.2. The SMILES string of the molecule is Cc1ccc(C)c(CC(=O)c2cscc2C)c1. The second kappa shape index (κ2) is 4.84. The number of Topliss-reactive ketones (excluding diaryl/α,β-unsaturated/α-hetero) is 1. The lowest BCUT2D eigenvalue weighted by atomic mass is 9.98. The zero-order valence-electron chi connectivity index (χ0n) is 10.4. The van der Waals surface area contributed by atoms with Gasteiger partial charge in [-0.1, -0.05) is 23.8 Å². The number of hydrogen-bond acceptors (Lipinski definition) is 2. The van der Waals surface area contributed by atoms with Gasteiger partial charge >= 0.3 is 0 Å². The second-order valence-corrected chi connectivity index (χ2v) is 5.24. The van der Waals surface area contributed by atoms with Crippen molar-refractivity contribution in [2.45, 2.75) is 27.2 Å². The Morgan fingerprint density at radius 2 is 1.88 bits per heavy atom. The molecule has 0 unspecified atom stereocenters. The third-order valence-corrected chi connectivity index (χ3v) is 3.87. The van der Waals surface area contributed by atoms with E-state index in [0.29, 0.717) is 6.42 Å². The van der Waals surface area contributed by atoms with Crippen LogP contribution in [-0.2, 0) is 6.42 Å². The van der Waals surface area contributed by atoms with Crippen LogP contribution in [0.2, 0.25) is 0 Å². The third-order valence-electron chi connectivity index (χ3n) is 3.01. The number of aryl methyl sites for hydroxylation is 3. The molecule has 0 spiro atoms. The van der Waals surface area contributed by atoms with Crippen LogP contribution in [0.1, 0.15) is 32.6 Å². The lowest BCUT2D eigenvalue weighted by Gasteiger charge is -2.06. The molecule has 0 fully saturated rings. The predicted octanol–water partition coefficient (Wildman–Crippen LogP) is 4.10. The van der Waals surface area contributed by atoms with Gasteiger partial charge in [0.15, 0.2) is 5.78 Å². The minimum absolute atomic E-state index is 0.220. The van der Waals surface area contributed by atoms with Crippen molar-refractivity contribution in [2.24, 2.45) is 0 Å². The Morgan fingerprint density at radius 3 is 2.53 bits per heavy atom. The molecule has 2 aromatic rings. The summed E-state index contributed by atoms with van der Waals surface area (Å²) in [5.41, 5.74) is 5.50. The molecule has 1 nitrogen and oxygen atoms in total. The largest absolute Gasteiger partial charge is 0.294 e. The molecule has 17 heavy (non-hydrogen) atoms. The number of thiophene rings is 1. The molecule has 1 aromatic carbocycles. The standard InChI is InChI=1S/C15H16OS/c1-10-4-5-11(2)13(6-10)7-15(16)14-9-17-8-12(14)3/h4-6,8-9H,7H2,1-3H3. The molecule has 0 N–H and O–H groups in total. The fourth-order valence-electron chi connectivity index (χ4n) is 1.91. The summed E-state index contributed by atoms with van der Waals surface area (Å²) in [7, 11) is 0. The molecule has 0 bridgehead atoms. The number of hydrogen-bond donors (Lipinski definition) is 0. The molecule has 0 aliphatic rings. The zero-order valence-corrected chi connectivity index (χ0v) is 11.2. The maximum atomic E-state index is 12.2. The van der Waals surface area contributed by atoms with Gasteiger partial charge in [0.1, 0.15) is 0 Å². The maximum Gasteiger partial charge on any atom is 0.168 e. The van der Waals surface area contributed by atoms with Gasteiger partial charge in [-0.05, 0) is 42.8 Å². The van der Waals surface area contributed by atoms with E-state index in [2.05, 4.69) is 32.0 Å². The Morgan fingerprint density at radius 1 is 1.12 bits per heavy atom. The van der Waals surface area contributed by atoms with Crippen molar-refractivity contribution < 1.29 is 4.79 Å². The average Bonchev–Trinajstić information content (AvgIpc) is 2.70. The van der Waals surface area contributed by atoms with Gasteiger partial charge in [0.25, 0.3) is 0 Å². The Bertz CT molecular complexity index is 552. The first-order valence-electron chi connectivity index (χ1n) is 5.70. The van der Waals surface area contributed by atoms with Crippen LogP contribution in [0, 0.1) is 20.8 Å². The third kappa shape index (κ3) is 2.64. The Hall–Kier alpha value is -1.41. The minimum atomic E-state index is 0.220. The Labute approximate surface area is 106 Å². The second-order valence-electron chi connectivity index (χ2n) is 4.50. The number of carbonyl (C=O) groups excluding carboxylic acids is 1. The van der Waals surface area contributed by atoms with Crippen molar-refractivity contribution >= 4 is 17.1 Å². The highest BCUT2D eigenvalue weighted by Crippen LogP contribution is 2.18. The molecule has 0 saturated heterocycles. The summed E-state index contributed by atoms with van der Waals surface area (Å²) in [6, 6.07) is 6.27. The molecule has 0 saturated carbocycles. The molecule has 0 amide bonds. The van der Waals surface area contributed by atoms with E-state index in [1.165, 1.54) is 11.1 Å². The first-order valence-corrected chi connectivity index (χ1v) is 6.64. The van der Waals surface area contributed by atoms with Gasteiger partial charge in [0, 0.05) is 17.4 Å². The quantitative estimate of drug-likeness (QED) is 0.743. The van der Waals surface area contributed by atoms with E-state index >= 15 is 0 Å². The van der Waals surface area contributed by atoms with Gasteiger partial charge < -0.3 is 0 Å². The normalized spacial score (nSPS) is 10.5. The van der Waals surface area contributed by atoms with E-state index in [1.807, 2.05) is 17.7 Å². The first kappa shape index (κ1) is 12.1. The Kier molecular flexibility index (Phi) is 3.43. The molecule has 1 heterocycles. The van der Waals surface area contributed by atoms with Crippen LogP contribution in [0.25, 0.3) is 0 Å². The first-order chi connectivity index (χ1) is 8.08. The topological polar surface area (TPSA) is 17.1 Å². The highest BCUT2D eigenvalue weighted by Gasteiger charge is 2.12. The fourth-order valence-corrected chi connectivity index (χ4v) is 2.76. The summed E-state index contributed by atoms with van der Waals surface area (Å²) in [5, 5.41) is 3.97. The average molecular weight is 244 g/mol. The van der Waals surface area contributed by atoms with Gasteiger partial charge in [-0.25, -0.2) is 0 Å². The smallest absolute Gasteiger partial charge is 0.168 e. The van der Waals surface area contributed by atoms with E-state index in [0.717, 1.165) is 16.7 Å². The molecule has 2 rings (SSSR count). The van der Waals surface area contributed by atoms with Crippen molar-refractivity contribution in [3.05, 3.63) is 56.8 Å². The number of ketones is 1. The van der Waals surface area contributed by atoms with Crippen molar-refractivity contribution in [3.63, 3.8) is 0 Å². The van der Waals surface area contributed by atoms with Gasteiger partial charge in [-0.15, -0.1) is 0 Å². The van der Waals surface area contributed by atoms with E-state index in [4.69, 9.17) is 0 Å². The molecule has 0 aliphatic carbocycles. The van der Waals surface area contributed by atoms with Crippen LogP contribution in [0.5, 0.6) is 0 Å². The fraction of sp³-hybridized carbons (Fsp3) is 0.267. The molecule has 0 aliphatic heterocycles. The summed E-state index contributed by atoms with van der Waals surface area (Å²) in [5.74, 6) is 0.220.